The van der Waals surface area contributed by atoms with Crippen molar-refractivity contribution in [3.8, 4) is 0 Å². The maximum absolute atomic E-state index is 13.1. The van der Waals surface area contributed by atoms with Crippen LogP contribution in [-0.2, 0) is 20.7 Å². The fourth-order valence-electron chi connectivity index (χ4n) is 3.02. The van der Waals surface area contributed by atoms with E-state index in [2.05, 4.69) is 5.32 Å². The Balaban J connectivity index is 2.24. The molecule has 168 valence electrons. The summed E-state index contributed by atoms with van der Waals surface area (Å²) in [7, 11) is 0. The summed E-state index contributed by atoms with van der Waals surface area (Å²) in [6.07, 6.45) is -5.57. The van der Waals surface area contributed by atoms with Gasteiger partial charge in [0.05, 0.1) is 35.6 Å². The third kappa shape index (κ3) is 7.74. The number of halogens is 5. The molecule has 0 unspecified atom stereocenters. The van der Waals surface area contributed by atoms with Gasteiger partial charge >= 0.3 is 12.1 Å². The Morgan fingerprint density at radius 1 is 1.10 bits per heavy atom. The lowest BCUT2D eigenvalue weighted by molar-refractivity contribution is -0.147. The number of nitrogens with one attached hydrogen (secondary N) is 1. The lowest BCUT2D eigenvalue weighted by Gasteiger charge is -2.20. The maximum atomic E-state index is 13.1. The molecule has 0 spiro atoms. The van der Waals surface area contributed by atoms with Crippen LogP contribution in [0.25, 0.3) is 0 Å². The van der Waals surface area contributed by atoms with Crippen LogP contribution in [0.15, 0.2) is 42.5 Å². The molecule has 2 aromatic carbocycles. The molecule has 9 heteroatoms. The van der Waals surface area contributed by atoms with Crippen molar-refractivity contribution in [3.63, 3.8) is 0 Å². The predicted molar refractivity (Wildman–Crippen MR) is 114 cm³/mol. The van der Waals surface area contributed by atoms with Gasteiger partial charge < -0.3 is 10.1 Å². The summed E-state index contributed by atoms with van der Waals surface area (Å²) < 4.78 is 44.3. The van der Waals surface area contributed by atoms with Gasteiger partial charge in [0, 0.05) is 5.02 Å². The Morgan fingerprint density at radius 2 is 1.74 bits per heavy atom. The molecule has 0 fully saturated rings. The first-order valence-corrected chi connectivity index (χ1v) is 10.3. The normalized spacial score (nSPS) is 13.4. The lowest BCUT2D eigenvalue weighted by atomic mass is 9.94. The molecule has 31 heavy (non-hydrogen) atoms. The Hall–Kier alpha value is -2.25. The van der Waals surface area contributed by atoms with Gasteiger partial charge in [0.1, 0.15) is 0 Å². The van der Waals surface area contributed by atoms with Crippen molar-refractivity contribution < 1.29 is 27.5 Å². The molecule has 0 aromatic heterocycles. The van der Waals surface area contributed by atoms with E-state index in [4.69, 9.17) is 27.9 Å². The van der Waals surface area contributed by atoms with Gasteiger partial charge in [0.25, 0.3) is 0 Å². The van der Waals surface area contributed by atoms with Crippen molar-refractivity contribution in [1.82, 2.24) is 0 Å². The van der Waals surface area contributed by atoms with Gasteiger partial charge in [-0.2, -0.15) is 13.2 Å². The van der Waals surface area contributed by atoms with Crippen LogP contribution in [0.2, 0.25) is 10.0 Å². The average Bonchev–Trinajstić information content (AvgIpc) is 2.69. The molecule has 2 rings (SSSR count). The number of alkyl halides is 3. The Labute approximate surface area is 188 Å². The largest absolute Gasteiger partial charge is 0.466 e. The highest BCUT2D eigenvalue weighted by molar-refractivity contribution is 6.33. The van der Waals surface area contributed by atoms with Crippen LogP contribution in [0, 0.1) is 5.92 Å². The number of benzene rings is 2. The number of hydrogen-bond donors (Lipinski definition) is 1. The zero-order valence-corrected chi connectivity index (χ0v) is 18.4. The van der Waals surface area contributed by atoms with Crippen molar-refractivity contribution in [1.29, 1.82) is 0 Å². The second-order valence-corrected chi connectivity index (χ2v) is 7.93. The van der Waals surface area contributed by atoms with Crippen LogP contribution in [0.3, 0.4) is 0 Å². The van der Waals surface area contributed by atoms with E-state index in [1.54, 1.807) is 26.0 Å². The van der Waals surface area contributed by atoms with E-state index in [1.165, 1.54) is 30.3 Å². The van der Waals surface area contributed by atoms with E-state index in [1.807, 2.05) is 0 Å². The van der Waals surface area contributed by atoms with Gasteiger partial charge in [0.15, 0.2) is 0 Å². The fraction of sp³-hybridized carbons (Fsp3) is 0.364. The third-order valence-electron chi connectivity index (χ3n) is 4.54. The molecule has 2 atom stereocenters. The Morgan fingerprint density at radius 3 is 2.32 bits per heavy atom. The molecule has 0 saturated carbocycles. The Bertz CT molecular complexity index is 917. The summed E-state index contributed by atoms with van der Waals surface area (Å²) in [5.74, 6) is -3.12. The molecular formula is C22H22Cl2F3NO3. The van der Waals surface area contributed by atoms with Crippen molar-refractivity contribution in [2.45, 2.75) is 38.8 Å². The van der Waals surface area contributed by atoms with E-state index in [9.17, 15) is 22.8 Å². The summed E-state index contributed by atoms with van der Waals surface area (Å²) >= 11 is 12.0. The molecule has 1 N–H and O–H groups in total. The zero-order chi connectivity index (χ0) is 23.2. The molecule has 0 aliphatic carbocycles. The first-order chi connectivity index (χ1) is 14.5. The number of ether oxygens (including phenoxy) is 1. The highest BCUT2D eigenvalue weighted by Crippen LogP contribution is 2.34. The van der Waals surface area contributed by atoms with E-state index < -0.39 is 30.3 Å². The van der Waals surface area contributed by atoms with Gasteiger partial charge in [-0.25, -0.2) is 0 Å². The molecule has 0 bridgehead atoms. The van der Waals surface area contributed by atoms with Gasteiger partial charge in [0.2, 0.25) is 5.91 Å². The summed E-state index contributed by atoms with van der Waals surface area (Å²) in [6, 6.07) is 10.4. The molecular weight excluding hydrogens is 454 g/mol. The minimum atomic E-state index is -4.55. The van der Waals surface area contributed by atoms with E-state index in [-0.39, 0.29) is 28.8 Å². The van der Waals surface area contributed by atoms with Gasteiger partial charge in [-0.1, -0.05) is 48.3 Å². The summed E-state index contributed by atoms with van der Waals surface area (Å²) in [4.78, 5) is 24.6. The molecule has 4 nitrogen and oxygen atoms in total. The topological polar surface area (TPSA) is 55.4 Å². The first kappa shape index (κ1) is 25.0. The Kier molecular flexibility index (Phi) is 8.77. The van der Waals surface area contributed by atoms with Gasteiger partial charge in [-0.05, 0) is 48.7 Å². The zero-order valence-electron chi connectivity index (χ0n) is 16.9. The number of carbonyl (C=O) groups excluding carboxylic acids is 2. The van der Waals surface area contributed by atoms with E-state index in [0.29, 0.717) is 17.0 Å². The molecule has 0 aliphatic heterocycles. The highest BCUT2D eigenvalue weighted by atomic mass is 35.5. The van der Waals surface area contributed by atoms with Crippen LogP contribution in [-0.4, -0.2) is 24.7 Å². The van der Waals surface area contributed by atoms with Crippen LogP contribution >= 0.6 is 23.2 Å². The average molecular weight is 476 g/mol. The number of anilines is 1. The van der Waals surface area contributed by atoms with Crippen LogP contribution in [0.4, 0.5) is 18.9 Å². The summed E-state index contributed by atoms with van der Waals surface area (Å²) in [5, 5.41) is 3.01. The molecule has 0 aliphatic rings. The standard InChI is InChI=1S/C22H22Cl2F3NO3/c1-3-31-21(30)13(2)10-14-4-9-18(24)19(11-14)28-20(29)17(12-22(25,26)27)15-5-7-16(23)8-6-15/h4-9,11,13,17H,3,10,12H2,1-2H3,(H,28,29)/t13-,17+/m1/s1. The van der Waals surface area contributed by atoms with Gasteiger partial charge in [-0.3, -0.25) is 9.59 Å². The number of rotatable bonds is 8. The predicted octanol–water partition coefficient (Wildman–Crippen LogP) is 6.41. The van der Waals surface area contributed by atoms with Crippen LogP contribution < -0.4 is 5.32 Å². The van der Waals surface area contributed by atoms with Crippen LogP contribution in [0.5, 0.6) is 0 Å². The first-order valence-electron chi connectivity index (χ1n) is 9.58. The van der Waals surface area contributed by atoms with Crippen LogP contribution in [0.1, 0.15) is 37.3 Å². The molecule has 1 amide bonds. The quantitative estimate of drug-likeness (QED) is 0.448. The minimum Gasteiger partial charge on any atom is -0.466 e. The number of hydrogen-bond acceptors (Lipinski definition) is 3. The highest BCUT2D eigenvalue weighted by Gasteiger charge is 2.36. The SMILES string of the molecule is CCOC(=O)[C@H](C)Cc1ccc(Cl)c(NC(=O)[C@@H](CC(F)(F)F)c2ccc(Cl)cc2)c1. The second-order valence-electron chi connectivity index (χ2n) is 7.08. The number of amides is 1. The third-order valence-corrected chi connectivity index (χ3v) is 5.13. The van der Waals surface area contributed by atoms with Gasteiger partial charge in [-0.15, -0.1) is 0 Å². The van der Waals surface area contributed by atoms with Crippen molar-refractivity contribution in [3.05, 3.63) is 63.6 Å². The lowest BCUT2D eigenvalue weighted by Crippen LogP contribution is -2.26. The smallest absolute Gasteiger partial charge is 0.390 e. The maximum Gasteiger partial charge on any atom is 0.390 e. The molecule has 0 saturated heterocycles. The minimum absolute atomic E-state index is 0.168. The van der Waals surface area contributed by atoms with E-state index in [0.717, 1.165) is 0 Å². The number of esters is 1. The molecule has 0 heterocycles. The second kappa shape index (κ2) is 10.9. The van der Waals surface area contributed by atoms with E-state index >= 15 is 0 Å². The van der Waals surface area contributed by atoms with Crippen molar-refractivity contribution in [2.75, 3.05) is 11.9 Å². The number of carbonyl (C=O) groups is 2. The summed E-state index contributed by atoms with van der Waals surface area (Å²) in [5.41, 5.74) is 1.03. The molecule has 0 radical (unpaired) electrons. The molecule has 2 aromatic rings. The summed E-state index contributed by atoms with van der Waals surface area (Å²) in [6.45, 7) is 3.67. The monoisotopic (exact) mass is 475 g/mol. The van der Waals surface area contributed by atoms with Crippen molar-refractivity contribution in [2.24, 2.45) is 5.92 Å². The fourth-order valence-corrected chi connectivity index (χ4v) is 3.32. The van der Waals surface area contributed by atoms with Crippen molar-refractivity contribution >= 4 is 40.8 Å².